The SMILES string of the molecule is CNS(=O)(=O)c1ccccc1S(=O)(=O)N1C[C@@H]2CCC[C@@]2(C(=O)O)C1. The van der Waals surface area contributed by atoms with Crippen molar-refractivity contribution in [3.63, 3.8) is 0 Å². The summed E-state index contributed by atoms with van der Waals surface area (Å²) in [6.07, 6.45) is 1.86. The fraction of sp³-hybridized carbons (Fsp3) is 0.533. The Labute approximate surface area is 146 Å². The van der Waals surface area contributed by atoms with Gasteiger partial charge in [0.2, 0.25) is 20.0 Å². The van der Waals surface area contributed by atoms with Crippen molar-refractivity contribution in [3.05, 3.63) is 24.3 Å². The molecule has 3 rings (SSSR count). The summed E-state index contributed by atoms with van der Waals surface area (Å²) in [5.41, 5.74) is -1.07. The van der Waals surface area contributed by atoms with E-state index in [1.807, 2.05) is 0 Å². The number of fused-ring (bicyclic) bond motifs is 1. The molecule has 2 fully saturated rings. The molecule has 2 atom stereocenters. The molecule has 1 heterocycles. The molecular formula is C15H20N2O6S2. The van der Waals surface area contributed by atoms with Gasteiger partial charge in [-0.05, 0) is 37.9 Å². The number of carboxylic acid groups (broad SMARTS) is 1. The highest BCUT2D eigenvalue weighted by atomic mass is 32.2. The lowest BCUT2D eigenvalue weighted by Gasteiger charge is -2.23. The van der Waals surface area contributed by atoms with Gasteiger partial charge in [-0.2, -0.15) is 4.31 Å². The Bertz CT molecular complexity index is 912. The highest BCUT2D eigenvalue weighted by molar-refractivity contribution is 7.92. The first-order valence-electron chi connectivity index (χ1n) is 7.91. The predicted octanol–water partition coefficient (Wildman–Crippen LogP) is 0.470. The summed E-state index contributed by atoms with van der Waals surface area (Å²) >= 11 is 0. The lowest BCUT2D eigenvalue weighted by atomic mass is 9.81. The highest BCUT2D eigenvalue weighted by Gasteiger charge is 2.57. The van der Waals surface area contributed by atoms with Crippen LogP contribution in [0.2, 0.25) is 0 Å². The summed E-state index contributed by atoms with van der Waals surface area (Å²) in [7, 11) is -6.88. The van der Waals surface area contributed by atoms with Crippen LogP contribution in [-0.4, -0.2) is 52.4 Å². The molecule has 10 heteroatoms. The maximum absolute atomic E-state index is 13.1. The van der Waals surface area contributed by atoms with Gasteiger partial charge in [-0.15, -0.1) is 0 Å². The Morgan fingerprint density at radius 2 is 1.88 bits per heavy atom. The van der Waals surface area contributed by atoms with Gasteiger partial charge in [0.15, 0.2) is 0 Å². The van der Waals surface area contributed by atoms with Crippen molar-refractivity contribution in [1.82, 2.24) is 9.03 Å². The van der Waals surface area contributed by atoms with Crippen LogP contribution in [0.1, 0.15) is 19.3 Å². The van der Waals surface area contributed by atoms with Crippen LogP contribution >= 0.6 is 0 Å². The summed E-state index contributed by atoms with van der Waals surface area (Å²) in [5.74, 6) is -1.23. The summed E-state index contributed by atoms with van der Waals surface area (Å²) < 4.78 is 53.7. The molecule has 0 radical (unpaired) electrons. The highest BCUT2D eigenvalue weighted by Crippen LogP contribution is 2.50. The molecule has 0 unspecified atom stereocenters. The molecule has 1 aromatic rings. The number of sulfonamides is 2. The van der Waals surface area contributed by atoms with Gasteiger partial charge in [0, 0.05) is 13.1 Å². The molecule has 2 aliphatic rings. The van der Waals surface area contributed by atoms with E-state index in [4.69, 9.17) is 0 Å². The monoisotopic (exact) mass is 388 g/mol. The van der Waals surface area contributed by atoms with E-state index in [0.717, 1.165) is 10.7 Å². The number of nitrogens with zero attached hydrogens (tertiary/aromatic N) is 1. The maximum Gasteiger partial charge on any atom is 0.311 e. The minimum absolute atomic E-state index is 0.0998. The Kier molecular flexibility index (Phi) is 4.43. The van der Waals surface area contributed by atoms with Crippen LogP contribution in [0.5, 0.6) is 0 Å². The number of hydrogen-bond acceptors (Lipinski definition) is 5. The van der Waals surface area contributed by atoms with E-state index in [0.29, 0.717) is 12.8 Å². The van der Waals surface area contributed by atoms with Crippen molar-refractivity contribution < 1.29 is 26.7 Å². The largest absolute Gasteiger partial charge is 0.481 e. The number of rotatable bonds is 5. The maximum atomic E-state index is 13.1. The lowest BCUT2D eigenvalue weighted by Crippen LogP contribution is -2.37. The second-order valence-corrected chi connectivity index (χ2v) is 10.3. The number of hydrogen-bond donors (Lipinski definition) is 2. The average Bonchev–Trinajstić information content (AvgIpc) is 3.13. The molecule has 1 saturated carbocycles. The number of aliphatic carboxylic acids is 1. The zero-order chi connectivity index (χ0) is 18.5. The number of nitrogens with one attached hydrogen (secondary N) is 1. The lowest BCUT2D eigenvalue weighted by molar-refractivity contribution is -0.149. The van der Waals surface area contributed by atoms with Crippen molar-refractivity contribution in [2.75, 3.05) is 20.1 Å². The van der Waals surface area contributed by atoms with E-state index in [2.05, 4.69) is 4.72 Å². The van der Waals surface area contributed by atoms with Crippen LogP contribution in [0.25, 0.3) is 0 Å². The topological polar surface area (TPSA) is 121 Å². The summed E-state index contributed by atoms with van der Waals surface area (Å²) in [6, 6.07) is 5.36. The Balaban J connectivity index is 2.04. The summed E-state index contributed by atoms with van der Waals surface area (Å²) in [6.45, 7) is -0.0220. The van der Waals surface area contributed by atoms with Crippen molar-refractivity contribution in [2.45, 2.75) is 29.1 Å². The van der Waals surface area contributed by atoms with Crippen LogP contribution in [0.15, 0.2) is 34.1 Å². The standard InChI is InChI=1S/C15H20N2O6S2/c1-16-24(20,21)12-6-2-3-7-13(12)25(22,23)17-9-11-5-4-8-15(11,10-17)14(18)19/h2-3,6-7,11,16H,4-5,8-10H2,1H3,(H,18,19)/t11-,15+/m0/s1. The molecule has 1 aliphatic heterocycles. The van der Waals surface area contributed by atoms with Gasteiger partial charge in [-0.1, -0.05) is 18.6 Å². The minimum Gasteiger partial charge on any atom is -0.481 e. The van der Waals surface area contributed by atoms with Gasteiger partial charge in [0.1, 0.15) is 9.79 Å². The Morgan fingerprint density at radius 1 is 1.24 bits per heavy atom. The molecule has 1 saturated heterocycles. The van der Waals surface area contributed by atoms with E-state index in [-0.39, 0.29) is 28.8 Å². The van der Waals surface area contributed by atoms with Gasteiger partial charge in [0.25, 0.3) is 0 Å². The third-order valence-electron chi connectivity index (χ3n) is 5.29. The molecule has 138 valence electrons. The van der Waals surface area contributed by atoms with Gasteiger partial charge in [-0.25, -0.2) is 21.6 Å². The Hall–Kier alpha value is -1.49. The zero-order valence-corrected chi connectivity index (χ0v) is 15.3. The first kappa shape index (κ1) is 18.3. The quantitative estimate of drug-likeness (QED) is 0.756. The van der Waals surface area contributed by atoms with Gasteiger partial charge in [-0.3, -0.25) is 4.79 Å². The molecule has 8 nitrogen and oxygen atoms in total. The summed E-state index contributed by atoms with van der Waals surface area (Å²) in [4.78, 5) is 11.1. The second kappa shape index (κ2) is 6.04. The van der Waals surface area contributed by atoms with E-state index in [1.54, 1.807) is 0 Å². The molecule has 0 amide bonds. The first-order valence-corrected chi connectivity index (χ1v) is 10.8. The van der Waals surface area contributed by atoms with Crippen molar-refractivity contribution in [3.8, 4) is 0 Å². The van der Waals surface area contributed by atoms with Gasteiger partial charge < -0.3 is 5.11 Å². The smallest absolute Gasteiger partial charge is 0.311 e. The number of carboxylic acids is 1. The molecule has 2 N–H and O–H groups in total. The molecule has 0 spiro atoms. The van der Waals surface area contributed by atoms with Gasteiger partial charge in [0.05, 0.1) is 5.41 Å². The van der Waals surface area contributed by atoms with Crippen molar-refractivity contribution in [2.24, 2.45) is 11.3 Å². The average molecular weight is 388 g/mol. The third kappa shape index (κ3) is 2.77. The normalized spacial score (nSPS) is 27.3. The number of benzene rings is 1. The van der Waals surface area contributed by atoms with Crippen LogP contribution < -0.4 is 4.72 Å². The fourth-order valence-corrected chi connectivity index (χ4v) is 6.99. The first-order chi connectivity index (χ1) is 11.6. The van der Waals surface area contributed by atoms with Crippen LogP contribution in [0, 0.1) is 11.3 Å². The molecule has 1 aliphatic carbocycles. The minimum atomic E-state index is -4.13. The van der Waals surface area contributed by atoms with Gasteiger partial charge >= 0.3 is 5.97 Å². The molecule has 0 aromatic heterocycles. The molecule has 0 bridgehead atoms. The predicted molar refractivity (Wildman–Crippen MR) is 88.9 cm³/mol. The number of carbonyl (C=O) groups is 1. The van der Waals surface area contributed by atoms with Crippen LogP contribution in [0.3, 0.4) is 0 Å². The molecule has 1 aromatic carbocycles. The van der Waals surface area contributed by atoms with Crippen molar-refractivity contribution in [1.29, 1.82) is 0 Å². The van der Waals surface area contributed by atoms with E-state index in [1.165, 1.54) is 31.3 Å². The van der Waals surface area contributed by atoms with E-state index >= 15 is 0 Å². The van der Waals surface area contributed by atoms with Crippen molar-refractivity contribution >= 4 is 26.0 Å². The van der Waals surface area contributed by atoms with Crippen LogP contribution in [-0.2, 0) is 24.8 Å². The third-order valence-corrected chi connectivity index (χ3v) is 8.76. The fourth-order valence-electron chi connectivity index (χ4n) is 3.91. The zero-order valence-electron chi connectivity index (χ0n) is 13.7. The Morgan fingerprint density at radius 3 is 2.44 bits per heavy atom. The summed E-state index contributed by atoms with van der Waals surface area (Å²) in [5, 5.41) is 9.62. The van der Waals surface area contributed by atoms with E-state index in [9.17, 15) is 26.7 Å². The second-order valence-electron chi connectivity index (χ2n) is 6.50. The molecule has 25 heavy (non-hydrogen) atoms. The van der Waals surface area contributed by atoms with E-state index < -0.39 is 31.4 Å². The molecular weight excluding hydrogens is 368 g/mol. The van der Waals surface area contributed by atoms with Crippen LogP contribution in [0.4, 0.5) is 0 Å².